The molecule has 2 aromatic heterocycles. The molecule has 0 aliphatic carbocycles. The van der Waals surface area contributed by atoms with Gasteiger partial charge in [0.05, 0.1) is 5.71 Å². The number of aromatic amines is 1. The van der Waals surface area contributed by atoms with E-state index in [-0.39, 0.29) is 11.9 Å². The molecule has 1 aromatic carbocycles. The number of pyridine rings is 1. The number of oxime groups is 1. The number of rotatable bonds is 4. The first kappa shape index (κ1) is 15.0. The molecule has 124 valence electrons. The molecule has 8 heteroatoms. The van der Waals surface area contributed by atoms with E-state index >= 15 is 0 Å². The molecule has 1 amide bonds. The van der Waals surface area contributed by atoms with Crippen LogP contribution in [0.1, 0.15) is 12.0 Å². The second-order valence-corrected chi connectivity index (χ2v) is 5.41. The molecule has 1 atom stereocenters. The first-order valence-electron chi connectivity index (χ1n) is 7.72. The molecule has 0 spiro atoms. The molecule has 0 saturated heterocycles. The quantitative estimate of drug-likeness (QED) is 0.759. The van der Waals surface area contributed by atoms with Crippen LogP contribution >= 0.6 is 0 Å². The van der Waals surface area contributed by atoms with Crippen molar-refractivity contribution < 1.29 is 9.63 Å². The second-order valence-electron chi connectivity index (χ2n) is 5.41. The van der Waals surface area contributed by atoms with Gasteiger partial charge in [0.15, 0.2) is 5.82 Å². The summed E-state index contributed by atoms with van der Waals surface area (Å²) in [5.74, 6) is 0.299. The van der Waals surface area contributed by atoms with E-state index in [1.54, 1.807) is 12.3 Å². The Labute approximate surface area is 143 Å². The highest BCUT2D eigenvalue weighted by molar-refractivity contribution is 6.05. The van der Waals surface area contributed by atoms with E-state index in [2.05, 4.69) is 30.6 Å². The molecule has 25 heavy (non-hydrogen) atoms. The molecular formula is C17H14N6O2. The molecule has 2 N–H and O–H groups in total. The highest BCUT2D eigenvalue weighted by Gasteiger charge is 2.29. The van der Waals surface area contributed by atoms with Gasteiger partial charge in [-0.2, -0.15) is 4.98 Å². The predicted molar refractivity (Wildman–Crippen MR) is 90.7 cm³/mol. The van der Waals surface area contributed by atoms with E-state index in [4.69, 9.17) is 4.84 Å². The summed E-state index contributed by atoms with van der Waals surface area (Å²) in [5.41, 5.74) is 2.32. The maximum Gasteiger partial charge on any atom is 0.271 e. The van der Waals surface area contributed by atoms with Gasteiger partial charge >= 0.3 is 0 Å². The van der Waals surface area contributed by atoms with Crippen LogP contribution in [-0.4, -0.2) is 37.9 Å². The van der Waals surface area contributed by atoms with Gasteiger partial charge in [-0.1, -0.05) is 41.6 Å². The van der Waals surface area contributed by atoms with E-state index in [1.807, 2.05) is 42.5 Å². The minimum Gasteiger partial charge on any atom is -0.382 e. The third-order valence-corrected chi connectivity index (χ3v) is 3.70. The van der Waals surface area contributed by atoms with Crippen LogP contribution in [0.5, 0.6) is 0 Å². The summed E-state index contributed by atoms with van der Waals surface area (Å²) < 4.78 is 0. The first-order chi connectivity index (χ1) is 12.3. The van der Waals surface area contributed by atoms with Gasteiger partial charge in [-0.3, -0.25) is 20.2 Å². The lowest BCUT2D eigenvalue weighted by molar-refractivity contribution is -0.125. The zero-order chi connectivity index (χ0) is 17.1. The Morgan fingerprint density at radius 1 is 1.16 bits per heavy atom. The molecule has 0 saturated carbocycles. The molecule has 1 unspecified atom stereocenters. The molecule has 8 nitrogen and oxygen atoms in total. The fraction of sp³-hybridized carbons (Fsp3) is 0.118. The van der Waals surface area contributed by atoms with Crippen LogP contribution in [0.25, 0.3) is 11.5 Å². The van der Waals surface area contributed by atoms with Crippen molar-refractivity contribution in [2.75, 3.05) is 5.32 Å². The Morgan fingerprint density at radius 3 is 2.80 bits per heavy atom. The Bertz CT molecular complexity index is 907. The molecule has 0 radical (unpaired) electrons. The van der Waals surface area contributed by atoms with Gasteiger partial charge in [0.25, 0.3) is 5.91 Å². The minimum atomic E-state index is -0.702. The Balaban J connectivity index is 1.40. The number of benzene rings is 1. The summed E-state index contributed by atoms with van der Waals surface area (Å²) in [6.07, 6.45) is 1.35. The molecule has 4 rings (SSSR count). The number of carbonyl (C=O) groups is 1. The number of H-pyrrole nitrogens is 1. The van der Waals surface area contributed by atoms with Gasteiger partial charge in [0.2, 0.25) is 12.1 Å². The summed E-state index contributed by atoms with van der Waals surface area (Å²) in [4.78, 5) is 25.9. The Kier molecular flexibility index (Phi) is 3.91. The highest BCUT2D eigenvalue weighted by Crippen LogP contribution is 2.18. The third-order valence-electron chi connectivity index (χ3n) is 3.70. The van der Waals surface area contributed by atoms with Crippen molar-refractivity contribution in [3.8, 4) is 11.5 Å². The lowest BCUT2D eigenvalue weighted by Crippen LogP contribution is -2.28. The van der Waals surface area contributed by atoms with Crippen molar-refractivity contribution in [3.63, 3.8) is 0 Å². The number of hydrogen-bond acceptors (Lipinski definition) is 6. The highest BCUT2D eigenvalue weighted by atomic mass is 16.6. The number of nitrogens with zero attached hydrogens (tertiary/aromatic N) is 4. The van der Waals surface area contributed by atoms with Gasteiger partial charge in [-0.25, -0.2) is 0 Å². The van der Waals surface area contributed by atoms with Crippen LogP contribution in [-0.2, 0) is 9.63 Å². The van der Waals surface area contributed by atoms with Gasteiger partial charge < -0.3 is 4.84 Å². The topological polar surface area (TPSA) is 105 Å². The summed E-state index contributed by atoms with van der Waals surface area (Å²) in [6, 6.07) is 15.1. The molecule has 0 fully saturated rings. The number of aromatic nitrogens is 4. The van der Waals surface area contributed by atoms with Gasteiger partial charge in [0, 0.05) is 12.6 Å². The van der Waals surface area contributed by atoms with Crippen molar-refractivity contribution >= 4 is 17.6 Å². The van der Waals surface area contributed by atoms with Crippen LogP contribution in [0.15, 0.2) is 59.9 Å². The molecule has 3 heterocycles. The lowest BCUT2D eigenvalue weighted by Gasteiger charge is -2.06. The first-order valence-corrected chi connectivity index (χ1v) is 7.72. The van der Waals surface area contributed by atoms with Crippen LogP contribution in [0, 0.1) is 0 Å². The number of carbonyl (C=O) groups excluding carboxylic acids is 1. The molecule has 3 aromatic rings. The van der Waals surface area contributed by atoms with Crippen LogP contribution < -0.4 is 5.32 Å². The molecule has 1 aliphatic heterocycles. The molecular weight excluding hydrogens is 320 g/mol. The minimum absolute atomic E-state index is 0.169. The summed E-state index contributed by atoms with van der Waals surface area (Å²) in [5, 5.41) is 13.4. The summed E-state index contributed by atoms with van der Waals surface area (Å²) >= 11 is 0. The van der Waals surface area contributed by atoms with E-state index in [0.717, 1.165) is 11.3 Å². The van der Waals surface area contributed by atoms with Crippen molar-refractivity contribution in [1.29, 1.82) is 0 Å². The zero-order valence-electron chi connectivity index (χ0n) is 13.1. The van der Waals surface area contributed by atoms with Crippen LogP contribution in [0.4, 0.5) is 5.95 Å². The zero-order valence-corrected chi connectivity index (χ0v) is 13.1. The van der Waals surface area contributed by atoms with Gasteiger partial charge in [-0.15, -0.1) is 5.10 Å². The molecule has 0 bridgehead atoms. The Hall–Kier alpha value is -3.55. The third kappa shape index (κ3) is 3.23. The van der Waals surface area contributed by atoms with E-state index in [9.17, 15) is 4.79 Å². The van der Waals surface area contributed by atoms with Crippen molar-refractivity contribution in [1.82, 2.24) is 20.2 Å². The van der Waals surface area contributed by atoms with E-state index in [0.29, 0.717) is 17.9 Å². The van der Waals surface area contributed by atoms with Crippen molar-refractivity contribution in [2.45, 2.75) is 12.5 Å². The van der Waals surface area contributed by atoms with Crippen LogP contribution in [0.3, 0.4) is 0 Å². The number of hydrogen-bond donors (Lipinski definition) is 2. The smallest absolute Gasteiger partial charge is 0.271 e. The molecule has 1 aliphatic rings. The Morgan fingerprint density at radius 2 is 2.00 bits per heavy atom. The number of amides is 1. The summed E-state index contributed by atoms with van der Waals surface area (Å²) in [7, 11) is 0. The fourth-order valence-corrected chi connectivity index (χ4v) is 2.44. The normalized spacial score (nSPS) is 16.2. The SMILES string of the molecule is O=C(Nc1n[nH]c(-c2ccccn2)n1)C1CC(c2ccccc2)=NO1. The number of nitrogens with one attached hydrogen (secondary N) is 2. The van der Waals surface area contributed by atoms with Gasteiger partial charge in [-0.05, 0) is 17.7 Å². The summed E-state index contributed by atoms with van der Waals surface area (Å²) in [6.45, 7) is 0. The standard InChI is InChI=1S/C17H14N6O2/c24-16(14-10-13(23-25-14)11-6-2-1-3-7-11)20-17-19-15(21-22-17)12-8-4-5-9-18-12/h1-9,14H,10H2,(H2,19,20,21,22,24). The van der Waals surface area contributed by atoms with Crippen molar-refractivity contribution in [3.05, 3.63) is 60.3 Å². The predicted octanol–water partition coefficient (Wildman–Crippen LogP) is 2.00. The average molecular weight is 334 g/mol. The average Bonchev–Trinajstić information content (AvgIpc) is 3.33. The largest absolute Gasteiger partial charge is 0.382 e. The van der Waals surface area contributed by atoms with E-state index in [1.165, 1.54) is 0 Å². The maximum absolute atomic E-state index is 12.3. The fourth-order valence-electron chi connectivity index (χ4n) is 2.44. The number of anilines is 1. The van der Waals surface area contributed by atoms with Crippen LogP contribution in [0.2, 0.25) is 0 Å². The maximum atomic E-state index is 12.3. The van der Waals surface area contributed by atoms with E-state index < -0.39 is 6.10 Å². The second kappa shape index (κ2) is 6.52. The van der Waals surface area contributed by atoms with Crippen molar-refractivity contribution in [2.24, 2.45) is 5.16 Å². The monoisotopic (exact) mass is 334 g/mol. The van der Waals surface area contributed by atoms with Gasteiger partial charge in [0.1, 0.15) is 5.69 Å². The lowest BCUT2D eigenvalue weighted by atomic mass is 10.1.